The largest absolute Gasteiger partial charge is 0.390 e. The van der Waals surface area contributed by atoms with Crippen molar-refractivity contribution in [3.63, 3.8) is 0 Å². The molecule has 3 rings (SSSR count). The Balaban J connectivity index is 1.73. The first-order valence-electron chi connectivity index (χ1n) is 16.7. The van der Waals surface area contributed by atoms with E-state index in [1.54, 1.807) is 24.3 Å². The van der Waals surface area contributed by atoms with Crippen LogP contribution in [0.4, 0.5) is 0 Å². The number of hydrogen-bond acceptors (Lipinski definition) is 6. The summed E-state index contributed by atoms with van der Waals surface area (Å²) < 4.78 is 0. The Morgan fingerprint density at radius 3 is 2.43 bits per heavy atom. The molecule has 3 amide bonds. The van der Waals surface area contributed by atoms with Crippen molar-refractivity contribution >= 4 is 17.7 Å². The van der Waals surface area contributed by atoms with Gasteiger partial charge < -0.3 is 30.7 Å². The molecule has 1 aliphatic rings. The number of nitrogens with one attached hydrogen (secondary N) is 3. The third-order valence-electron chi connectivity index (χ3n) is 8.90. The lowest BCUT2D eigenvalue weighted by Crippen LogP contribution is -2.56. The Kier molecular flexibility index (Phi) is 15.3. The van der Waals surface area contributed by atoms with E-state index in [4.69, 9.17) is 6.42 Å². The molecule has 0 spiro atoms. The van der Waals surface area contributed by atoms with Crippen LogP contribution in [0.15, 0.2) is 42.7 Å². The number of aliphatic hydroxyl groups is 2. The van der Waals surface area contributed by atoms with E-state index in [-0.39, 0.29) is 24.7 Å². The monoisotopic (exact) mass is 635 g/mol. The first-order valence-corrected chi connectivity index (χ1v) is 16.7. The second-order valence-electron chi connectivity index (χ2n) is 13.2. The highest BCUT2D eigenvalue weighted by Crippen LogP contribution is 2.29. The summed E-state index contributed by atoms with van der Waals surface area (Å²) >= 11 is 0. The van der Waals surface area contributed by atoms with Gasteiger partial charge in [0.1, 0.15) is 18.0 Å². The van der Waals surface area contributed by atoms with E-state index in [9.17, 15) is 24.6 Å². The zero-order chi connectivity index (χ0) is 33.5. The van der Waals surface area contributed by atoms with Crippen LogP contribution in [-0.4, -0.2) is 80.7 Å². The second kappa shape index (κ2) is 19.1. The smallest absolute Gasteiger partial charge is 0.243 e. The molecule has 0 bridgehead atoms. The van der Waals surface area contributed by atoms with Crippen molar-refractivity contribution in [2.24, 2.45) is 17.8 Å². The van der Waals surface area contributed by atoms with Crippen LogP contribution in [0.3, 0.4) is 0 Å². The first-order chi connectivity index (χ1) is 22.1. The molecule has 1 aliphatic carbocycles. The number of carbonyl (C=O) groups excluding carboxylic acids is 3. The van der Waals surface area contributed by atoms with Crippen LogP contribution in [0, 0.1) is 30.1 Å². The van der Waals surface area contributed by atoms with Gasteiger partial charge in [0.25, 0.3) is 0 Å². The average molecular weight is 636 g/mol. The van der Waals surface area contributed by atoms with Crippen LogP contribution < -0.4 is 10.6 Å². The van der Waals surface area contributed by atoms with Gasteiger partial charge in [0.15, 0.2) is 0 Å². The van der Waals surface area contributed by atoms with Gasteiger partial charge in [0.2, 0.25) is 17.7 Å². The molecule has 1 saturated carbocycles. The molecule has 10 nitrogen and oxygen atoms in total. The van der Waals surface area contributed by atoms with Gasteiger partial charge in [-0.05, 0) is 36.7 Å². The molecule has 1 aromatic carbocycles. The normalized spacial score (nSPS) is 16.9. The molecule has 0 unspecified atom stereocenters. The molecule has 5 N–H and O–H groups in total. The topological polar surface area (TPSA) is 148 Å². The van der Waals surface area contributed by atoms with Crippen molar-refractivity contribution in [1.29, 1.82) is 0 Å². The summed E-state index contributed by atoms with van der Waals surface area (Å²) in [5, 5.41) is 27.7. The summed E-state index contributed by atoms with van der Waals surface area (Å²) in [6.45, 7) is 4.37. The maximum absolute atomic E-state index is 13.8. The fourth-order valence-electron chi connectivity index (χ4n) is 6.21. The molecule has 2 aromatic rings. The first kappa shape index (κ1) is 36.8. The van der Waals surface area contributed by atoms with Gasteiger partial charge in [-0.3, -0.25) is 14.4 Å². The highest BCUT2D eigenvalue weighted by atomic mass is 16.3. The summed E-state index contributed by atoms with van der Waals surface area (Å²) in [6, 6.07) is 7.68. The van der Waals surface area contributed by atoms with Crippen LogP contribution in [0.25, 0.3) is 0 Å². The summed E-state index contributed by atoms with van der Waals surface area (Å²) in [5.74, 6) is 1.85. The number of H-pyrrole nitrogens is 1. The van der Waals surface area contributed by atoms with Gasteiger partial charge in [0.05, 0.1) is 18.1 Å². The molecule has 1 aromatic heterocycles. The SMILES string of the molecule is C#CC[C@H](NC(=O)[C@@H](CC(=O)N(C)CCc1ncc[nH]1)Cc1ccccc1)C(=O)N[C@@H](CC1CCCCC1)[C@@H](O)[C@@H](O)CC(C)C. The lowest BCUT2D eigenvalue weighted by molar-refractivity contribution is -0.136. The van der Waals surface area contributed by atoms with Gasteiger partial charge in [0, 0.05) is 45.2 Å². The number of nitrogens with zero attached hydrogens (tertiary/aromatic N) is 2. The van der Waals surface area contributed by atoms with Crippen molar-refractivity contribution < 1.29 is 24.6 Å². The molecule has 5 atom stereocenters. The van der Waals surface area contributed by atoms with Crippen LogP contribution in [-0.2, 0) is 27.2 Å². The minimum absolute atomic E-state index is 0.0514. The highest BCUT2D eigenvalue weighted by molar-refractivity contribution is 5.91. The number of aliphatic hydroxyl groups excluding tert-OH is 2. The van der Waals surface area contributed by atoms with Gasteiger partial charge >= 0.3 is 0 Å². The van der Waals surface area contributed by atoms with E-state index in [2.05, 4.69) is 26.5 Å². The number of aromatic amines is 1. The Morgan fingerprint density at radius 1 is 1.09 bits per heavy atom. The second-order valence-corrected chi connectivity index (χ2v) is 13.2. The summed E-state index contributed by atoms with van der Waals surface area (Å²) in [5.41, 5.74) is 0.890. The van der Waals surface area contributed by atoms with E-state index in [1.807, 2.05) is 44.2 Å². The van der Waals surface area contributed by atoms with Crippen molar-refractivity contribution in [2.45, 2.75) is 109 Å². The molecule has 1 heterocycles. The highest BCUT2D eigenvalue weighted by Gasteiger charge is 2.34. The van der Waals surface area contributed by atoms with E-state index in [0.29, 0.717) is 38.1 Å². The summed E-state index contributed by atoms with van der Waals surface area (Å²) in [4.78, 5) is 49.5. The maximum Gasteiger partial charge on any atom is 0.243 e. The number of likely N-dealkylation sites (N-methyl/N-ethyl adjacent to an activating group) is 1. The standard InChI is InChI=1S/C36H53N5O5/c1-5-12-29(36(46)40-30(23-27-15-10-7-11-16-27)34(44)31(42)21-25(2)3)39-35(45)28(22-26-13-8-6-9-14-26)24-33(43)41(4)20-17-32-37-18-19-38-32/h1,6,8-9,13-14,18-19,25,27-31,34,42,44H,7,10-12,15-17,20-24H2,2-4H3,(H,37,38)(H,39,45)(H,40,46)/t28-,29+,30+,31+,34-/m1/s1. The molecule has 0 radical (unpaired) electrons. The molecule has 0 aliphatic heterocycles. The molecule has 46 heavy (non-hydrogen) atoms. The molecule has 1 fully saturated rings. The van der Waals surface area contributed by atoms with Gasteiger partial charge in [-0.25, -0.2) is 4.98 Å². The molecular formula is C36H53N5O5. The zero-order valence-corrected chi connectivity index (χ0v) is 27.7. The number of imidazole rings is 1. The number of hydrogen-bond donors (Lipinski definition) is 5. The van der Waals surface area contributed by atoms with Crippen molar-refractivity contribution in [3.05, 3.63) is 54.1 Å². The number of terminal acetylenes is 1. The van der Waals surface area contributed by atoms with Crippen LogP contribution in [0.5, 0.6) is 0 Å². The third-order valence-corrected chi connectivity index (χ3v) is 8.90. The number of aromatic nitrogens is 2. The van der Waals surface area contributed by atoms with E-state index in [0.717, 1.165) is 37.1 Å². The van der Waals surface area contributed by atoms with Crippen LogP contribution >= 0.6 is 0 Å². The average Bonchev–Trinajstić information content (AvgIpc) is 3.57. The Labute approximate surface area is 274 Å². The van der Waals surface area contributed by atoms with Gasteiger partial charge in [-0.15, -0.1) is 12.3 Å². The lowest BCUT2D eigenvalue weighted by atomic mass is 9.82. The predicted octanol–water partition coefficient (Wildman–Crippen LogP) is 3.39. The fraction of sp³-hybridized carbons (Fsp3) is 0.611. The Hall–Kier alpha value is -3.68. The maximum atomic E-state index is 13.8. The lowest BCUT2D eigenvalue weighted by Gasteiger charge is -2.33. The number of amides is 3. The molecular weight excluding hydrogens is 582 g/mol. The van der Waals surface area contributed by atoms with Gasteiger partial charge in [-0.2, -0.15) is 0 Å². The number of benzene rings is 1. The van der Waals surface area contributed by atoms with Crippen molar-refractivity contribution in [1.82, 2.24) is 25.5 Å². The Morgan fingerprint density at radius 2 is 1.80 bits per heavy atom. The minimum atomic E-state index is -1.16. The van der Waals surface area contributed by atoms with Crippen molar-refractivity contribution in [3.8, 4) is 12.3 Å². The minimum Gasteiger partial charge on any atom is -0.390 e. The number of carbonyl (C=O) groups is 3. The van der Waals surface area contributed by atoms with E-state index >= 15 is 0 Å². The quantitative estimate of drug-likeness (QED) is 0.159. The van der Waals surface area contributed by atoms with Crippen molar-refractivity contribution in [2.75, 3.05) is 13.6 Å². The molecule has 10 heteroatoms. The molecule has 0 saturated heterocycles. The molecule has 252 valence electrons. The van der Waals surface area contributed by atoms with E-state index < -0.39 is 42.0 Å². The number of rotatable bonds is 18. The van der Waals surface area contributed by atoms with E-state index in [1.165, 1.54) is 6.42 Å². The summed E-state index contributed by atoms with van der Waals surface area (Å²) in [7, 11) is 1.70. The van der Waals surface area contributed by atoms with Gasteiger partial charge in [-0.1, -0.05) is 76.3 Å². The predicted molar refractivity (Wildman–Crippen MR) is 178 cm³/mol. The third kappa shape index (κ3) is 12.3. The fourth-order valence-corrected chi connectivity index (χ4v) is 6.21. The Bertz CT molecular complexity index is 1240. The zero-order valence-electron chi connectivity index (χ0n) is 27.7. The van der Waals surface area contributed by atoms with Crippen LogP contribution in [0.2, 0.25) is 0 Å². The summed E-state index contributed by atoms with van der Waals surface area (Å²) in [6.07, 6.45) is 13.9. The van der Waals surface area contributed by atoms with Crippen LogP contribution in [0.1, 0.15) is 83.0 Å².